The van der Waals surface area contributed by atoms with Gasteiger partial charge in [0.2, 0.25) is 0 Å². The highest BCUT2D eigenvalue weighted by molar-refractivity contribution is 5.66. The van der Waals surface area contributed by atoms with Crippen LogP contribution in [0.5, 0.6) is 0 Å². The summed E-state index contributed by atoms with van der Waals surface area (Å²) in [6.07, 6.45) is 9.25. The number of aliphatic hydroxyl groups is 2. The smallest absolute Gasteiger partial charge is 0.303 e. The summed E-state index contributed by atoms with van der Waals surface area (Å²) < 4.78 is 31.5. The number of hydrogen-bond donors (Lipinski definition) is 2. The number of hydrogen-bond acceptors (Lipinski definition) is 10. The number of rotatable bonds is 7. The number of likely N-dealkylation sites (tertiary alicyclic amines) is 1. The zero-order valence-electron chi connectivity index (χ0n) is 34.7. The number of ether oxygens (including phenoxy) is 5. The van der Waals surface area contributed by atoms with Crippen LogP contribution in [0.1, 0.15) is 120 Å². The molecule has 1 unspecified atom stereocenters. The van der Waals surface area contributed by atoms with Crippen LogP contribution in [0.2, 0.25) is 0 Å². The minimum absolute atomic E-state index is 0.0478. The van der Waals surface area contributed by atoms with E-state index in [-0.39, 0.29) is 52.0 Å². The molecule has 4 heterocycles. The van der Waals surface area contributed by atoms with Gasteiger partial charge in [0.15, 0.2) is 12.4 Å². The van der Waals surface area contributed by atoms with E-state index in [9.17, 15) is 15.0 Å². The number of carbonyl (C=O) groups excluding carboxylic acids is 1. The molecule has 4 saturated heterocycles. The normalized spacial score (nSPS) is 50.1. The van der Waals surface area contributed by atoms with Gasteiger partial charge >= 0.3 is 5.97 Å². The summed E-state index contributed by atoms with van der Waals surface area (Å²) in [6.45, 7) is 23.8. The topological polar surface area (TPSA) is 110 Å². The van der Waals surface area contributed by atoms with Crippen molar-refractivity contribution in [3.63, 3.8) is 0 Å². The Morgan fingerprint density at radius 1 is 0.907 bits per heavy atom. The molecule has 0 aromatic heterocycles. The second kappa shape index (κ2) is 13.1. The Labute approximate surface area is 324 Å². The monoisotopic (exact) mass is 757 g/mol. The molecule has 0 aromatic carbocycles. The minimum Gasteiger partial charge on any atom is -0.457 e. The highest BCUT2D eigenvalue weighted by Gasteiger charge is 2.84. The van der Waals surface area contributed by atoms with Gasteiger partial charge in [0.25, 0.3) is 0 Å². The minimum atomic E-state index is -1.25. The lowest BCUT2D eigenvalue weighted by atomic mass is 9.41. The first-order chi connectivity index (χ1) is 25.5. The average Bonchev–Trinajstić information content (AvgIpc) is 3.72. The van der Waals surface area contributed by atoms with Gasteiger partial charge in [0.05, 0.1) is 55.9 Å². The van der Waals surface area contributed by atoms with Gasteiger partial charge in [-0.2, -0.15) is 0 Å². The van der Waals surface area contributed by atoms with Gasteiger partial charge < -0.3 is 33.9 Å². The Morgan fingerprint density at radius 3 is 2.28 bits per heavy atom. The molecule has 4 aliphatic heterocycles. The van der Waals surface area contributed by atoms with Crippen molar-refractivity contribution in [1.82, 2.24) is 9.80 Å². The molecule has 10 heteroatoms. The Bertz CT molecular complexity index is 1440. The van der Waals surface area contributed by atoms with Crippen molar-refractivity contribution in [2.45, 2.75) is 174 Å². The van der Waals surface area contributed by atoms with Gasteiger partial charge in [-0.3, -0.25) is 14.6 Å². The molecule has 9 fully saturated rings. The van der Waals surface area contributed by atoms with Crippen LogP contribution in [0.4, 0.5) is 0 Å². The highest BCUT2D eigenvalue weighted by atomic mass is 16.7. The molecule has 0 radical (unpaired) electrons. The van der Waals surface area contributed by atoms with E-state index in [0.29, 0.717) is 35.8 Å². The van der Waals surface area contributed by atoms with Crippen molar-refractivity contribution in [3.8, 4) is 0 Å². The van der Waals surface area contributed by atoms with Crippen molar-refractivity contribution in [3.05, 3.63) is 0 Å². The number of piperidine rings is 1. The van der Waals surface area contributed by atoms with Crippen molar-refractivity contribution in [2.75, 3.05) is 46.0 Å². The van der Waals surface area contributed by atoms with Crippen LogP contribution in [0.15, 0.2) is 0 Å². The third kappa shape index (κ3) is 5.48. The fourth-order valence-electron chi connectivity index (χ4n) is 15.9. The quantitative estimate of drug-likeness (QED) is 0.328. The SMILES string of the molecule is CC(=O)O[C@@H]([C@H]1C[C@@H](C)[C@H]2[C@H](O1)[C@H](O)[C@@]1(C)[C@@H]3CC[C@H]4C(C)(C)[C@@H](O[C@H]5CN(C6CCN(C7COC7)CC6)CCO5)CCC45C[C@@]35CC[C@]21C)C(C)(C)O. The van der Waals surface area contributed by atoms with E-state index in [4.69, 9.17) is 23.7 Å². The summed E-state index contributed by atoms with van der Waals surface area (Å²) in [5, 5.41) is 23.8. The van der Waals surface area contributed by atoms with Crippen LogP contribution in [0.3, 0.4) is 0 Å². The third-order valence-electron chi connectivity index (χ3n) is 18.6. The molecule has 10 nitrogen and oxygen atoms in total. The van der Waals surface area contributed by atoms with E-state index in [1.54, 1.807) is 13.8 Å². The van der Waals surface area contributed by atoms with Crippen LogP contribution < -0.4 is 0 Å². The van der Waals surface area contributed by atoms with Gasteiger partial charge in [-0.15, -0.1) is 0 Å². The van der Waals surface area contributed by atoms with Crippen molar-refractivity contribution < 1.29 is 38.7 Å². The summed E-state index contributed by atoms with van der Waals surface area (Å²) in [5.41, 5.74) is -0.963. The molecule has 9 aliphatic rings. The van der Waals surface area contributed by atoms with Crippen LogP contribution in [0.25, 0.3) is 0 Å². The van der Waals surface area contributed by atoms with Gasteiger partial charge in [-0.25, -0.2) is 0 Å². The number of aliphatic hydroxyl groups excluding tert-OH is 1. The Hall–Kier alpha value is -0.850. The first kappa shape index (κ1) is 38.7. The maximum Gasteiger partial charge on any atom is 0.303 e. The van der Waals surface area contributed by atoms with Crippen LogP contribution in [-0.4, -0.2) is 126 Å². The fraction of sp³-hybridized carbons (Fsp3) is 0.977. The van der Waals surface area contributed by atoms with Crippen molar-refractivity contribution in [1.29, 1.82) is 0 Å². The van der Waals surface area contributed by atoms with E-state index < -0.39 is 29.9 Å². The molecule has 2 spiro atoms. The van der Waals surface area contributed by atoms with Gasteiger partial charge in [-0.1, -0.05) is 34.6 Å². The largest absolute Gasteiger partial charge is 0.457 e. The zero-order chi connectivity index (χ0) is 38.2. The molecule has 306 valence electrons. The Balaban J connectivity index is 0.894. The molecule has 54 heavy (non-hydrogen) atoms. The van der Waals surface area contributed by atoms with Gasteiger partial charge in [-0.05, 0) is 123 Å². The molecule has 5 aliphatic carbocycles. The van der Waals surface area contributed by atoms with Crippen LogP contribution in [-0.2, 0) is 28.5 Å². The molecule has 0 amide bonds. The summed E-state index contributed by atoms with van der Waals surface area (Å²) in [4.78, 5) is 17.5. The number of nitrogens with zero attached hydrogens (tertiary/aromatic N) is 2. The second-order valence-electron chi connectivity index (χ2n) is 21.6. The van der Waals surface area contributed by atoms with E-state index in [0.717, 1.165) is 52.2 Å². The first-order valence-corrected chi connectivity index (χ1v) is 22.0. The van der Waals surface area contributed by atoms with Crippen molar-refractivity contribution in [2.24, 2.45) is 50.7 Å². The molecule has 9 rings (SSSR count). The zero-order valence-corrected chi connectivity index (χ0v) is 34.7. The molecule has 14 atom stereocenters. The number of morpholine rings is 1. The van der Waals surface area contributed by atoms with Gasteiger partial charge in [0, 0.05) is 44.6 Å². The molecular formula is C44H72N2O8. The highest BCUT2D eigenvalue weighted by Crippen LogP contribution is 2.89. The fourth-order valence-corrected chi connectivity index (χ4v) is 15.9. The molecule has 0 bridgehead atoms. The molecule has 2 N–H and O–H groups in total. The number of fused-ring (bicyclic) bond motifs is 4. The lowest BCUT2D eigenvalue weighted by molar-refractivity contribution is -0.252. The predicted octanol–water partition coefficient (Wildman–Crippen LogP) is 5.41. The number of esters is 1. The second-order valence-corrected chi connectivity index (χ2v) is 21.6. The lowest BCUT2D eigenvalue weighted by Crippen LogP contribution is -2.60. The Morgan fingerprint density at radius 2 is 1.61 bits per heavy atom. The third-order valence-corrected chi connectivity index (χ3v) is 18.6. The summed E-state index contributed by atoms with van der Waals surface area (Å²) in [6, 6.07) is 1.25. The first-order valence-electron chi connectivity index (χ1n) is 22.0. The standard InChI is InChI=1S/C44H72N2O8/c1-26-21-30(38(40(5,6)49)52-27(2)47)53-36-35(26)41(7)15-16-44-25-43(44)14-11-33(39(3,4)31(43)9-10-32(44)42(41,8)37(36)48)54-34-22-46(19-20-51-34)28-12-17-45(18-13-28)29-23-50-24-29/h26,28-38,48-49H,9-25H2,1-8H3/t26-,30-,31+,32+,33+,34+,35+,36+,37+,38+,41-,42-,43?,44+/m1/s1. The predicted molar refractivity (Wildman–Crippen MR) is 203 cm³/mol. The lowest BCUT2D eigenvalue weighted by Gasteiger charge is -2.64. The van der Waals surface area contributed by atoms with E-state index in [1.165, 1.54) is 58.5 Å². The number of carbonyl (C=O) groups is 1. The molecular weight excluding hydrogens is 684 g/mol. The van der Waals surface area contributed by atoms with Crippen LogP contribution in [0, 0.1) is 50.7 Å². The van der Waals surface area contributed by atoms with Gasteiger partial charge in [0.1, 0.15) is 0 Å². The van der Waals surface area contributed by atoms with Crippen LogP contribution >= 0.6 is 0 Å². The summed E-state index contributed by atoms with van der Waals surface area (Å²) >= 11 is 0. The average molecular weight is 757 g/mol. The molecule has 0 aromatic rings. The van der Waals surface area contributed by atoms with Crippen molar-refractivity contribution >= 4 is 5.97 Å². The molecule has 5 saturated carbocycles. The maximum atomic E-state index is 12.7. The summed E-state index contributed by atoms with van der Waals surface area (Å²) in [5.74, 6) is 1.12. The maximum absolute atomic E-state index is 12.7. The van der Waals surface area contributed by atoms with E-state index in [2.05, 4.69) is 44.4 Å². The van der Waals surface area contributed by atoms with E-state index >= 15 is 0 Å². The summed E-state index contributed by atoms with van der Waals surface area (Å²) in [7, 11) is 0. The Kier molecular flexibility index (Phi) is 9.36. The van der Waals surface area contributed by atoms with E-state index in [1.807, 2.05) is 0 Å².